The summed E-state index contributed by atoms with van der Waals surface area (Å²) in [5, 5.41) is 0. The van der Waals surface area contributed by atoms with Gasteiger partial charge in [-0.25, -0.2) is 9.59 Å². The predicted octanol–water partition coefficient (Wildman–Crippen LogP) is 2.75. The van der Waals surface area contributed by atoms with Crippen molar-refractivity contribution in [3.63, 3.8) is 0 Å². The lowest BCUT2D eigenvalue weighted by Crippen LogP contribution is -2.38. The number of nitrogens with one attached hydrogen (secondary N) is 1. The van der Waals surface area contributed by atoms with Crippen LogP contribution in [-0.2, 0) is 24.4 Å². The summed E-state index contributed by atoms with van der Waals surface area (Å²) in [7, 11) is 1.28. The molecule has 0 unspecified atom stereocenters. The lowest BCUT2D eigenvalue weighted by Gasteiger charge is -2.26. The SMILES string of the molecule is COC(=O)c1ccoc1CN(Cc1ccccc1)c1c(N)n(Cc2ccccc2)c(=O)[nH]c1=O. The predicted molar refractivity (Wildman–Crippen MR) is 128 cm³/mol. The van der Waals surface area contributed by atoms with Crippen molar-refractivity contribution in [3.8, 4) is 0 Å². The third kappa shape index (κ3) is 4.78. The van der Waals surface area contributed by atoms with Gasteiger partial charge in [0.1, 0.15) is 22.8 Å². The number of nitrogens with zero attached hydrogens (tertiary/aromatic N) is 2. The van der Waals surface area contributed by atoms with Gasteiger partial charge in [-0.3, -0.25) is 14.3 Å². The molecule has 0 aliphatic heterocycles. The first-order valence-electron chi connectivity index (χ1n) is 10.6. The molecule has 0 aliphatic rings. The summed E-state index contributed by atoms with van der Waals surface area (Å²) in [6.07, 6.45) is 1.38. The lowest BCUT2D eigenvalue weighted by atomic mass is 10.1. The van der Waals surface area contributed by atoms with Crippen molar-refractivity contribution >= 4 is 17.5 Å². The van der Waals surface area contributed by atoms with E-state index in [2.05, 4.69) is 4.98 Å². The van der Waals surface area contributed by atoms with Crippen LogP contribution in [0.2, 0.25) is 0 Å². The van der Waals surface area contributed by atoms with Crippen LogP contribution in [0.3, 0.4) is 0 Å². The van der Waals surface area contributed by atoms with Crippen molar-refractivity contribution in [1.82, 2.24) is 9.55 Å². The van der Waals surface area contributed by atoms with Gasteiger partial charge >= 0.3 is 11.7 Å². The quantitative estimate of drug-likeness (QED) is 0.388. The van der Waals surface area contributed by atoms with Crippen molar-refractivity contribution in [2.24, 2.45) is 0 Å². The Kier molecular flexibility index (Phi) is 6.63. The van der Waals surface area contributed by atoms with E-state index in [1.807, 2.05) is 60.7 Å². The number of methoxy groups -OCH3 is 1. The van der Waals surface area contributed by atoms with Gasteiger partial charge in [0.25, 0.3) is 5.56 Å². The third-order valence-electron chi connectivity index (χ3n) is 5.42. The third-order valence-corrected chi connectivity index (χ3v) is 5.42. The molecule has 3 N–H and O–H groups in total. The highest BCUT2D eigenvalue weighted by Gasteiger charge is 2.24. The van der Waals surface area contributed by atoms with Gasteiger partial charge in [-0.15, -0.1) is 0 Å². The number of aromatic nitrogens is 2. The van der Waals surface area contributed by atoms with E-state index in [-0.39, 0.29) is 36.7 Å². The number of furan rings is 1. The van der Waals surface area contributed by atoms with Gasteiger partial charge in [0.05, 0.1) is 26.5 Å². The van der Waals surface area contributed by atoms with Crippen LogP contribution in [0.4, 0.5) is 11.5 Å². The van der Waals surface area contributed by atoms with Crippen LogP contribution in [0.15, 0.2) is 87.0 Å². The highest BCUT2D eigenvalue weighted by atomic mass is 16.5. The Bertz CT molecular complexity index is 1390. The number of esters is 1. The number of aromatic amines is 1. The molecule has 4 aromatic rings. The molecule has 174 valence electrons. The summed E-state index contributed by atoms with van der Waals surface area (Å²) in [5.74, 6) is -0.235. The van der Waals surface area contributed by atoms with Crippen LogP contribution in [0.25, 0.3) is 0 Å². The van der Waals surface area contributed by atoms with Gasteiger partial charge in [-0.05, 0) is 17.2 Å². The van der Waals surface area contributed by atoms with Crippen LogP contribution in [-0.4, -0.2) is 22.6 Å². The largest absolute Gasteiger partial charge is 0.467 e. The Labute approximate surface area is 195 Å². The van der Waals surface area contributed by atoms with Crippen LogP contribution in [0.1, 0.15) is 27.2 Å². The smallest absolute Gasteiger partial charge is 0.341 e. The number of carbonyl (C=O) groups excluding carboxylic acids is 1. The second-order valence-corrected chi connectivity index (χ2v) is 7.66. The Hall–Kier alpha value is -4.53. The van der Waals surface area contributed by atoms with Crippen LogP contribution in [0, 0.1) is 0 Å². The second kappa shape index (κ2) is 9.95. The van der Waals surface area contributed by atoms with E-state index < -0.39 is 17.2 Å². The molecule has 9 nitrogen and oxygen atoms in total. The fourth-order valence-corrected chi connectivity index (χ4v) is 3.75. The van der Waals surface area contributed by atoms with Gasteiger partial charge in [-0.1, -0.05) is 60.7 Å². The minimum absolute atomic E-state index is 0.0136. The second-order valence-electron chi connectivity index (χ2n) is 7.66. The molecule has 2 heterocycles. The van der Waals surface area contributed by atoms with E-state index >= 15 is 0 Å². The van der Waals surface area contributed by atoms with Crippen molar-refractivity contribution in [1.29, 1.82) is 0 Å². The van der Waals surface area contributed by atoms with Crippen LogP contribution >= 0.6 is 0 Å². The average Bonchev–Trinajstić information content (AvgIpc) is 3.30. The summed E-state index contributed by atoms with van der Waals surface area (Å²) in [4.78, 5) is 41.8. The van der Waals surface area contributed by atoms with Crippen LogP contribution < -0.4 is 21.9 Å². The van der Waals surface area contributed by atoms with Crippen molar-refractivity contribution in [3.05, 3.63) is 116 Å². The van der Waals surface area contributed by atoms with Crippen LogP contribution in [0.5, 0.6) is 0 Å². The Morgan fingerprint density at radius 1 is 1.00 bits per heavy atom. The zero-order valence-electron chi connectivity index (χ0n) is 18.6. The Morgan fingerprint density at radius 3 is 2.29 bits per heavy atom. The first-order valence-corrected chi connectivity index (χ1v) is 10.6. The number of H-pyrrole nitrogens is 1. The average molecular weight is 460 g/mol. The van der Waals surface area contributed by atoms with Crippen molar-refractivity contribution in [2.45, 2.75) is 19.6 Å². The molecule has 0 spiro atoms. The summed E-state index contributed by atoms with van der Waals surface area (Å²) < 4.78 is 11.7. The highest BCUT2D eigenvalue weighted by molar-refractivity contribution is 5.90. The fourth-order valence-electron chi connectivity index (χ4n) is 3.75. The molecule has 0 amide bonds. The molecule has 2 aromatic carbocycles. The van der Waals surface area contributed by atoms with Gasteiger partial charge < -0.3 is 19.8 Å². The van der Waals surface area contributed by atoms with Crippen molar-refractivity contribution in [2.75, 3.05) is 17.7 Å². The minimum atomic E-state index is -0.631. The van der Waals surface area contributed by atoms with Gasteiger partial charge in [0.2, 0.25) is 0 Å². The molecular formula is C25H24N4O5. The summed E-state index contributed by atoms with van der Waals surface area (Å²) in [6, 6.07) is 20.3. The topological polar surface area (TPSA) is 124 Å². The molecule has 34 heavy (non-hydrogen) atoms. The van der Waals surface area contributed by atoms with E-state index in [0.717, 1.165) is 11.1 Å². The normalized spacial score (nSPS) is 10.7. The van der Waals surface area contributed by atoms with E-state index in [4.69, 9.17) is 14.9 Å². The first kappa shape index (κ1) is 22.7. The first-order chi connectivity index (χ1) is 16.5. The lowest BCUT2D eigenvalue weighted by molar-refractivity contribution is 0.0598. The zero-order valence-corrected chi connectivity index (χ0v) is 18.6. The number of ether oxygens (including phenoxy) is 1. The maximum absolute atomic E-state index is 13.0. The number of hydrogen-bond donors (Lipinski definition) is 2. The maximum Gasteiger partial charge on any atom is 0.341 e. The molecule has 2 aromatic heterocycles. The van der Waals surface area contributed by atoms with E-state index in [1.54, 1.807) is 4.90 Å². The van der Waals surface area contributed by atoms with Gasteiger partial charge in [-0.2, -0.15) is 0 Å². The van der Waals surface area contributed by atoms with Crippen molar-refractivity contribution < 1.29 is 13.9 Å². The molecule has 0 radical (unpaired) electrons. The monoisotopic (exact) mass is 460 g/mol. The van der Waals surface area contributed by atoms with E-state index in [9.17, 15) is 14.4 Å². The number of nitrogens with two attached hydrogens (primary N) is 1. The molecule has 9 heteroatoms. The molecule has 0 aliphatic carbocycles. The summed E-state index contributed by atoms with van der Waals surface area (Å²) in [6.45, 7) is 0.505. The number of benzene rings is 2. The van der Waals surface area contributed by atoms with Gasteiger partial charge in [0.15, 0.2) is 0 Å². The zero-order chi connectivity index (χ0) is 24.1. The van der Waals surface area contributed by atoms with E-state index in [0.29, 0.717) is 5.76 Å². The number of hydrogen-bond acceptors (Lipinski definition) is 7. The van der Waals surface area contributed by atoms with E-state index in [1.165, 1.54) is 24.0 Å². The molecule has 0 bridgehead atoms. The molecule has 4 rings (SSSR count). The molecular weight excluding hydrogens is 436 g/mol. The Morgan fingerprint density at radius 2 is 1.65 bits per heavy atom. The number of carbonyl (C=O) groups is 1. The Balaban J connectivity index is 1.80. The fraction of sp³-hybridized carbons (Fsp3) is 0.160. The standard InChI is InChI=1S/C25H24N4O5/c1-33-24(31)19-12-13-34-20(19)16-28(14-17-8-4-2-5-9-17)21-22(26)29(25(32)27-23(21)30)15-18-10-6-3-7-11-18/h2-13H,14-16,26H2,1H3,(H,27,30,32). The minimum Gasteiger partial charge on any atom is -0.467 e. The highest BCUT2D eigenvalue weighted by Crippen LogP contribution is 2.24. The molecule has 0 saturated heterocycles. The number of anilines is 2. The maximum atomic E-state index is 13.0. The number of rotatable bonds is 8. The molecule has 0 atom stereocenters. The molecule has 0 fully saturated rings. The number of nitrogen functional groups attached to an aromatic ring is 1. The summed E-state index contributed by atoms with van der Waals surface area (Å²) >= 11 is 0. The van der Waals surface area contributed by atoms with Gasteiger partial charge in [0, 0.05) is 6.54 Å². The summed E-state index contributed by atoms with van der Waals surface area (Å²) in [5.41, 5.74) is 7.27. The molecule has 0 saturated carbocycles.